The second kappa shape index (κ2) is 5.64. The molecule has 0 saturated heterocycles. The van der Waals surface area contributed by atoms with Crippen molar-refractivity contribution in [3.8, 4) is 10.7 Å². The first-order valence-corrected chi connectivity index (χ1v) is 7.48. The monoisotopic (exact) mass is 288 g/mol. The van der Waals surface area contributed by atoms with Gasteiger partial charge in [-0.15, -0.1) is 10.2 Å². The molecule has 0 atom stereocenters. The number of rotatable bonds is 5. The lowest BCUT2D eigenvalue weighted by atomic mass is 10.4. The predicted molar refractivity (Wildman–Crippen MR) is 78.5 cm³/mol. The summed E-state index contributed by atoms with van der Waals surface area (Å²) in [5, 5.41) is 13.9. The van der Waals surface area contributed by atoms with Crippen LogP contribution in [-0.4, -0.2) is 42.8 Å². The zero-order chi connectivity index (χ0) is 13.9. The second-order valence-electron chi connectivity index (χ2n) is 4.39. The third kappa shape index (κ3) is 2.41. The normalized spacial score (nSPS) is 11.6. The number of nitrogens with zero attached hydrogens (tertiary/aromatic N) is 6. The summed E-state index contributed by atoms with van der Waals surface area (Å²) in [7, 11) is 0. The van der Waals surface area contributed by atoms with E-state index in [9.17, 15) is 0 Å². The zero-order valence-electron chi connectivity index (χ0n) is 11.5. The Morgan fingerprint density at radius 3 is 2.75 bits per heavy atom. The molecule has 0 saturated carbocycles. The van der Waals surface area contributed by atoms with Gasteiger partial charge in [0.1, 0.15) is 5.69 Å². The highest BCUT2D eigenvalue weighted by molar-refractivity contribution is 7.19. The Morgan fingerprint density at radius 1 is 1.20 bits per heavy atom. The van der Waals surface area contributed by atoms with E-state index in [4.69, 9.17) is 0 Å². The van der Waals surface area contributed by atoms with E-state index < -0.39 is 0 Å². The van der Waals surface area contributed by atoms with Crippen LogP contribution >= 0.6 is 11.3 Å². The highest BCUT2D eigenvalue weighted by Gasteiger charge is 2.14. The molecule has 7 heteroatoms. The van der Waals surface area contributed by atoms with E-state index in [0.717, 1.165) is 41.1 Å². The Morgan fingerprint density at radius 2 is 2.05 bits per heavy atom. The Labute approximate surface area is 121 Å². The molecule has 0 aliphatic heterocycles. The molecule has 0 N–H and O–H groups in total. The Balaban J connectivity index is 1.95. The second-order valence-corrected chi connectivity index (χ2v) is 5.35. The van der Waals surface area contributed by atoms with Crippen molar-refractivity contribution < 1.29 is 0 Å². The van der Waals surface area contributed by atoms with Crippen LogP contribution in [-0.2, 0) is 6.54 Å². The molecule has 3 heterocycles. The molecule has 3 aromatic rings. The molecule has 0 fully saturated rings. The number of fused-ring (bicyclic) bond motifs is 1. The summed E-state index contributed by atoms with van der Waals surface area (Å²) in [5.74, 6) is 0.877. The Kier molecular flexibility index (Phi) is 3.70. The van der Waals surface area contributed by atoms with Gasteiger partial charge in [-0.05, 0) is 25.2 Å². The van der Waals surface area contributed by atoms with Crippen LogP contribution in [0.15, 0.2) is 24.4 Å². The largest absolute Gasteiger partial charge is 0.296 e. The van der Waals surface area contributed by atoms with Gasteiger partial charge in [-0.1, -0.05) is 31.3 Å². The van der Waals surface area contributed by atoms with Crippen molar-refractivity contribution in [2.24, 2.45) is 0 Å². The maximum atomic E-state index is 4.59. The van der Waals surface area contributed by atoms with Gasteiger partial charge in [0, 0.05) is 6.20 Å². The van der Waals surface area contributed by atoms with E-state index in [-0.39, 0.29) is 0 Å². The van der Waals surface area contributed by atoms with Crippen molar-refractivity contribution in [2.45, 2.75) is 20.4 Å². The van der Waals surface area contributed by atoms with Crippen molar-refractivity contribution in [3.63, 3.8) is 0 Å². The topological polar surface area (TPSA) is 59.2 Å². The SMILES string of the molecule is CCN(CC)Cc1nnc2sc(-c3ccccn3)nn12. The smallest absolute Gasteiger partial charge is 0.235 e. The van der Waals surface area contributed by atoms with Crippen molar-refractivity contribution >= 4 is 16.3 Å². The molecule has 0 spiro atoms. The average Bonchev–Trinajstić information content (AvgIpc) is 3.07. The molecule has 0 aliphatic carbocycles. The molecule has 0 bridgehead atoms. The number of aromatic nitrogens is 5. The van der Waals surface area contributed by atoms with E-state index >= 15 is 0 Å². The maximum Gasteiger partial charge on any atom is 0.235 e. The number of pyridine rings is 1. The fourth-order valence-corrected chi connectivity index (χ4v) is 2.83. The van der Waals surface area contributed by atoms with Crippen molar-refractivity contribution in [1.29, 1.82) is 0 Å². The van der Waals surface area contributed by atoms with Crippen LogP contribution in [0, 0.1) is 0 Å². The first-order chi connectivity index (χ1) is 9.81. The van der Waals surface area contributed by atoms with Gasteiger partial charge in [-0.25, -0.2) is 0 Å². The summed E-state index contributed by atoms with van der Waals surface area (Å²) in [6.45, 7) is 7.02. The molecule has 3 aromatic heterocycles. The predicted octanol–water partition coefficient (Wildman–Crippen LogP) is 2.09. The van der Waals surface area contributed by atoms with Crippen LogP contribution < -0.4 is 0 Å². The summed E-state index contributed by atoms with van der Waals surface area (Å²) in [6.07, 6.45) is 1.77. The Bertz CT molecular complexity index is 685. The van der Waals surface area contributed by atoms with Gasteiger partial charge in [0.15, 0.2) is 10.8 Å². The highest BCUT2D eigenvalue weighted by Crippen LogP contribution is 2.23. The van der Waals surface area contributed by atoms with E-state index in [1.807, 2.05) is 22.7 Å². The molecule has 0 aromatic carbocycles. The van der Waals surface area contributed by atoms with Crippen LogP contribution in [0.25, 0.3) is 15.7 Å². The van der Waals surface area contributed by atoms with Gasteiger partial charge in [0.25, 0.3) is 0 Å². The lowest BCUT2D eigenvalue weighted by molar-refractivity contribution is 0.286. The van der Waals surface area contributed by atoms with Crippen LogP contribution in [0.1, 0.15) is 19.7 Å². The minimum Gasteiger partial charge on any atom is -0.296 e. The van der Waals surface area contributed by atoms with Gasteiger partial charge >= 0.3 is 0 Å². The van der Waals surface area contributed by atoms with Crippen LogP contribution in [0.2, 0.25) is 0 Å². The van der Waals surface area contributed by atoms with Crippen molar-refractivity contribution in [3.05, 3.63) is 30.2 Å². The van der Waals surface area contributed by atoms with Gasteiger partial charge < -0.3 is 0 Å². The fourth-order valence-electron chi connectivity index (χ4n) is 2.00. The number of hydrogen-bond acceptors (Lipinski definition) is 6. The van der Waals surface area contributed by atoms with Crippen molar-refractivity contribution in [2.75, 3.05) is 13.1 Å². The molecule has 0 radical (unpaired) electrons. The van der Waals surface area contributed by atoms with Gasteiger partial charge in [0.2, 0.25) is 4.96 Å². The molecule has 3 rings (SSSR count). The summed E-state index contributed by atoms with van der Waals surface area (Å²) in [6, 6.07) is 5.81. The summed E-state index contributed by atoms with van der Waals surface area (Å²) < 4.78 is 1.83. The molecule has 104 valence electrons. The summed E-state index contributed by atoms with van der Waals surface area (Å²) in [4.78, 5) is 7.42. The lowest BCUT2D eigenvalue weighted by Gasteiger charge is -2.15. The van der Waals surface area contributed by atoms with Gasteiger partial charge in [-0.3, -0.25) is 9.88 Å². The van der Waals surface area contributed by atoms with Crippen LogP contribution in [0.3, 0.4) is 0 Å². The highest BCUT2D eigenvalue weighted by atomic mass is 32.1. The van der Waals surface area contributed by atoms with Gasteiger partial charge in [-0.2, -0.15) is 9.61 Å². The third-order valence-electron chi connectivity index (χ3n) is 3.20. The summed E-state index contributed by atoms with van der Waals surface area (Å²) >= 11 is 1.51. The summed E-state index contributed by atoms with van der Waals surface area (Å²) in [5.41, 5.74) is 0.872. The minimum absolute atomic E-state index is 0.763. The first kappa shape index (κ1) is 13.1. The fraction of sp³-hybridized carbons (Fsp3) is 0.385. The average molecular weight is 288 g/mol. The maximum absolute atomic E-state index is 4.59. The first-order valence-electron chi connectivity index (χ1n) is 6.66. The van der Waals surface area contributed by atoms with Gasteiger partial charge in [0.05, 0.1) is 6.54 Å². The molecule has 0 aliphatic rings. The quantitative estimate of drug-likeness (QED) is 0.719. The zero-order valence-corrected chi connectivity index (χ0v) is 12.3. The van der Waals surface area contributed by atoms with E-state index in [1.54, 1.807) is 6.20 Å². The van der Waals surface area contributed by atoms with E-state index in [0.29, 0.717) is 0 Å². The minimum atomic E-state index is 0.763. The molecule has 0 amide bonds. The van der Waals surface area contributed by atoms with Crippen LogP contribution in [0.4, 0.5) is 0 Å². The number of hydrogen-bond donors (Lipinski definition) is 0. The molecular formula is C13H16N6S. The molecule has 6 nitrogen and oxygen atoms in total. The molecular weight excluding hydrogens is 272 g/mol. The van der Waals surface area contributed by atoms with Crippen molar-refractivity contribution in [1.82, 2.24) is 29.7 Å². The van der Waals surface area contributed by atoms with Crippen LogP contribution in [0.5, 0.6) is 0 Å². The molecule has 20 heavy (non-hydrogen) atoms. The van der Waals surface area contributed by atoms with E-state index in [2.05, 4.69) is 39.0 Å². The third-order valence-corrected chi connectivity index (χ3v) is 4.12. The standard InChI is InChI=1S/C13H16N6S/c1-3-18(4-2)9-11-15-16-13-19(11)17-12(20-13)10-7-5-6-8-14-10/h5-8H,3-4,9H2,1-2H3. The molecule has 0 unspecified atom stereocenters. The lowest BCUT2D eigenvalue weighted by Crippen LogP contribution is -2.23. The Hall–Kier alpha value is -1.86. The van der Waals surface area contributed by atoms with E-state index in [1.165, 1.54) is 11.3 Å².